The first kappa shape index (κ1) is 26.3. The van der Waals surface area contributed by atoms with Crippen LogP contribution in [0.1, 0.15) is 18.1 Å². The van der Waals surface area contributed by atoms with E-state index in [2.05, 4.69) is 44.6 Å². The number of allylic oxidation sites excluding steroid dienone is 6. The van der Waals surface area contributed by atoms with Gasteiger partial charge in [0.1, 0.15) is 5.70 Å². The minimum atomic E-state index is -4.83. The maximum Gasteiger partial charge on any atom is 0.431 e. The molecule has 0 spiro atoms. The van der Waals surface area contributed by atoms with Crippen LogP contribution in [0.4, 0.5) is 18.9 Å². The number of nitrogens with zero attached hydrogens (tertiary/aromatic N) is 2. The van der Waals surface area contributed by atoms with Gasteiger partial charge in [-0.25, -0.2) is 0 Å². The number of aliphatic imine (C=N–C) groups is 1. The standard InChI is InChI=1S/C25H23ClF3N7/c1-15-19-6-4-7-22(20(19)8-11-32-15)36-24(25(27,28)29)21(13-30)16(2)35-23-12-18(26)14-34-33-10-5-9-31-17(23)3/h4-14,30,32,34-36H,1-2H2,3H3/b9-5-,18-14-,23-12+,24-21+,30-13?,31-17-,33-10-. The smallest absolute Gasteiger partial charge is 0.362 e. The third-order valence-corrected chi connectivity index (χ3v) is 5.19. The Hall–Kier alpha value is -4.31. The summed E-state index contributed by atoms with van der Waals surface area (Å²) in [5, 5.41) is 20.0. The van der Waals surface area contributed by atoms with Gasteiger partial charge >= 0.3 is 6.18 Å². The molecule has 0 atom stereocenters. The lowest BCUT2D eigenvalue weighted by Gasteiger charge is -2.23. The van der Waals surface area contributed by atoms with Gasteiger partial charge in [0.05, 0.1) is 16.4 Å². The number of halogens is 4. The first-order chi connectivity index (χ1) is 17.1. The molecule has 7 nitrogen and oxygen atoms in total. The first-order valence-electron chi connectivity index (χ1n) is 10.5. The molecule has 1 aromatic rings. The van der Waals surface area contributed by atoms with Gasteiger partial charge in [0.2, 0.25) is 0 Å². The van der Waals surface area contributed by atoms with Crippen LogP contribution in [0.2, 0.25) is 0 Å². The van der Waals surface area contributed by atoms with Gasteiger partial charge in [0, 0.05) is 64.8 Å². The summed E-state index contributed by atoms with van der Waals surface area (Å²) in [4.78, 5) is 4.22. The molecule has 11 heteroatoms. The third kappa shape index (κ3) is 6.42. The molecule has 0 fully saturated rings. The van der Waals surface area contributed by atoms with E-state index in [0.717, 1.165) is 0 Å². The number of nitrogens with one attached hydrogen (secondary N) is 5. The van der Waals surface area contributed by atoms with E-state index in [1.807, 2.05) is 0 Å². The van der Waals surface area contributed by atoms with Gasteiger partial charge in [-0.15, -0.1) is 0 Å². The highest BCUT2D eigenvalue weighted by Crippen LogP contribution is 2.35. The second-order valence-electron chi connectivity index (χ2n) is 7.43. The molecule has 0 bridgehead atoms. The van der Waals surface area contributed by atoms with Crippen molar-refractivity contribution < 1.29 is 13.2 Å². The van der Waals surface area contributed by atoms with Gasteiger partial charge < -0.3 is 21.4 Å². The zero-order valence-electron chi connectivity index (χ0n) is 19.2. The second kappa shape index (κ2) is 11.4. The Bertz CT molecular complexity index is 1290. The van der Waals surface area contributed by atoms with Crippen molar-refractivity contribution in [2.75, 3.05) is 5.32 Å². The molecule has 2 heterocycles. The van der Waals surface area contributed by atoms with E-state index in [4.69, 9.17) is 17.0 Å². The number of benzene rings is 1. The average Bonchev–Trinajstić information content (AvgIpc) is 2.85. The molecular weight excluding hydrogens is 491 g/mol. The number of hydrazone groups is 1. The predicted octanol–water partition coefficient (Wildman–Crippen LogP) is 5.74. The van der Waals surface area contributed by atoms with Crippen molar-refractivity contribution in [1.82, 2.24) is 16.1 Å². The van der Waals surface area contributed by atoms with Crippen LogP contribution in [0, 0.1) is 5.41 Å². The van der Waals surface area contributed by atoms with E-state index >= 15 is 0 Å². The summed E-state index contributed by atoms with van der Waals surface area (Å²) in [5.74, 6) is 0. The molecular formula is C25H23ClF3N7. The molecule has 36 heavy (non-hydrogen) atoms. The van der Waals surface area contributed by atoms with Gasteiger partial charge in [-0.2, -0.15) is 18.3 Å². The zero-order valence-corrected chi connectivity index (χ0v) is 19.9. The van der Waals surface area contributed by atoms with Gasteiger partial charge in [0.25, 0.3) is 0 Å². The molecule has 0 saturated carbocycles. The average molecular weight is 514 g/mol. The maximum absolute atomic E-state index is 14.3. The summed E-state index contributed by atoms with van der Waals surface area (Å²) in [6, 6.07) is 4.88. The minimum absolute atomic E-state index is 0.190. The van der Waals surface area contributed by atoms with Crippen LogP contribution in [0.3, 0.4) is 0 Å². The highest BCUT2D eigenvalue weighted by Gasteiger charge is 2.37. The number of rotatable bonds is 6. The summed E-state index contributed by atoms with van der Waals surface area (Å²) >= 11 is 6.19. The number of fused-ring (bicyclic) bond motifs is 1. The van der Waals surface area contributed by atoms with Gasteiger partial charge in [-0.05, 0) is 31.2 Å². The van der Waals surface area contributed by atoms with E-state index in [1.165, 1.54) is 30.8 Å². The molecule has 0 aromatic heterocycles. The summed E-state index contributed by atoms with van der Waals surface area (Å²) < 4.78 is 42.8. The van der Waals surface area contributed by atoms with Crippen LogP contribution < -0.4 is 21.4 Å². The molecule has 0 amide bonds. The topological polar surface area (TPSA) is 96.7 Å². The van der Waals surface area contributed by atoms with Gasteiger partial charge in [0.15, 0.2) is 0 Å². The number of hydrogen-bond donors (Lipinski definition) is 5. The van der Waals surface area contributed by atoms with Crippen LogP contribution in [0.15, 0.2) is 99.9 Å². The molecule has 2 aliphatic heterocycles. The van der Waals surface area contributed by atoms with Crippen LogP contribution in [0.5, 0.6) is 0 Å². The van der Waals surface area contributed by atoms with Gasteiger partial charge in [-0.3, -0.25) is 10.4 Å². The van der Waals surface area contributed by atoms with Crippen LogP contribution in [-0.4, -0.2) is 24.3 Å². The molecule has 0 unspecified atom stereocenters. The predicted molar refractivity (Wildman–Crippen MR) is 141 cm³/mol. The Balaban J connectivity index is 2.04. The normalized spacial score (nSPS) is 22.2. The fourth-order valence-electron chi connectivity index (χ4n) is 3.24. The summed E-state index contributed by atoms with van der Waals surface area (Å²) in [6.45, 7) is 9.28. The Morgan fingerprint density at radius 3 is 2.75 bits per heavy atom. The molecule has 3 rings (SSSR count). The lowest BCUT2D eigenvalue weighted by Crippen LogP contribution is -2.27. The summed E-state index contributed by atoms with van der Waals surface area (Å²) in [6.07, 6.45) is 6.30. The van der Waals surface area contributed by atoms with Crippen molar-refractivity contribution in [1.29, 1.82) is 5.41 Å². The van der Waals surface area contributed by atoms with Crippen molar-refractivity contribution in [3.8, 4) is 0 Å². The lowest BCUT2D eigenvalue weighted by molar-refractivity contribution is -0.0906. The Labute approximate surface area is 211 Å². The monoisotopic (exact) mass is 513 g/mol. The molecule has 1 aromatic carbocycles. The fraction of sp³-hybridized carbons (Fsp3) is 0.0800. The Kier molecular flexibility index (Phi) is 8.34. The van der Waals surface area contributed by atoms with E-state index in [0.29, 0.717) is 28.8 Å². The van der Waals surface area contributed by atoms with E-state index in [9.17, 15) is 13.2 Å². The van der Waals surface area contributed by atoms with Crippen molar-refractivity contribution >= 4 is 47.2 Å². The van der Waals surface area contributed by atoms with Crippen LogP contribution in [-0.2, 0) is 0 Å². The quantitative estimate of drug-likeness (QED) is 0.247. The Morgan fingerprint density at radius 2 is 2.03 bits per heavy atom. The maximum atomic E-state index is 14.3. The molecule has 0 saturated heterocycles. The van der Waals surface area contributed by atoms with E-state index in [-0.39, 0.29) is 22.1 Å². The highest BCUT2D eigenvalue weighted by molar-refractivity contribution is 6.31. The van der Waals surface area contributed by atoms with Crippen molar-refractivity contribution in [2.45, 2.75) is 13.1 Å². The van der Waals surface area contributed by atoms with Crippen LogP contribution >= 0.6 is 11.6 Å². The van der Waals surface area contributed by atoms with Crippen molar-refractivity contribution in [3.63, 3.8) is 0 Å². The SMILES string of the molecule is C=C(NC1=C/C(Cl)=C/N/N=C\C=C/N=C\1C)/C(C=N)=C(/Nc1cccc2c1C=CNC2=C)C(F)(F)F. The first-order valence-corrected chi connectivity index (χ1v) is 10.9. The molecule has 0 radical (unpaired) electrons. The lowest BCUT2D eigenvalue weighted by atomic mass is 10.00. The fourth-order valence-corrected chi connectivity index (χ4v) is 3.40. The van der Waals surface area contributed by atoms with Gasteiger partial charge in [-0.1, -0.05) is 36.9 Å². The van der Waals surface area contributed by atoms with Crippen LogP contribution in [0.25, 0.3) is 11.8 Å². The number of hydrogen-bond acceptors (Lipinski definition) is 7. The molecule has 0 aliphatic carbocycles. The summed E-state index contributed by atoms with van der Waals surface area (Å²) in [5.41, 5.74) is 3.36. The Morgan fingerprint density at radius 1 is 1.25 bits per heavy atom. The molecule has 186 valence electrons. The second-order valence-corrected chi connectivity index (χ2v) is 7.87. The van der Waals surface area contributed by atoms with E-state index in [1.54, 1.807) is 37.4 Å². The number of anilines is 1. The zero-order chi connectivity index (χ0) is 26.3. The molecule has 2 aliphatic rings. The van der Waals surface area contributed by atoms with Crippen molar-refractivity contribution in [2.24, 2.45) is 10.1 Å². The number of alkyl halides is 3. The highest BCUT2D eigenvalue weighted by atomic mass is 35.5. The largest absolute Gasteiger partial charge is 0.431 e. The van der Waals surface area contributed by atoms with Crippen molar-refractivity contribution in [3.05, 3.63) is 101 Å². The molecule has 5 N–H and O–H groups in total. The minimum Gasteiger partial charge on any atom is -0.362 e. The third-order valence-electron chi connectivity index (χ3n) is 4.97. The van der Waals surface area contributed by atoms with E-state index < -0.39 is 17.4 Å². The summed E-state index contributed by atoms with van der Waals surface area (Å²) in [7, 11) is 0.